The van der Waals surface area contributed by atoms with E-state index in [1.165, 1.54) is 0 Å². The molecule has 1 aliphatic heterocycles. The van der Waals surface area contributed by atoms with Gasteiger partial charge in [0.05, 0.1) is 0 Å². The molecule has 84 valence electrons. The van der Waals surface area contributed by atoms with Crippen molar-refractivity contribution < 1.29 is 8.78 Å². The highest BCUT2D eigenvalue weighted by Gasteiger charge is 2.12. The van der Waals surface area contributed by atoms with Crippen molar-refractivity contribution in [3.05, 3.63) is 0 Å². The van der Waals surface area contributed by atoms with Gasteiger partial charge in [-0.2, -0.15) is 11.8 Å². The number of thioether (sulfide) groups is 1. The smallest absolute Gasteiger partial charge is 0.257 e. The van der Waals surface area contributed by atoms with Crippen LogP contribution in [0.15, 0.2) is 4.99 Å². The number of hydrogen-bond donors (Lipinski definition) is 1. The first-order valence-electron chi connectivity index (χ1n) is 4.11. The monoisotopic (exact) mass is 337 g/mol. The van der Waals surface area contributed by atoms with Crippen molar-refractivity contribution in [3.8, 4) is 0 Å². The van der Waals surface area contributed by atoms with Crippen molar-refractivity contribution in [2.45, 2.75) is 6.43 Å². The summed E-state index contributed by atoms with van der Waals surface area (Å²) < 4.78 is 23.6. The normalized spacial score (nSPS) is 18.2. The van der Waals surface area contributed by atoms with E-state index >= 15 is 0 Å². The molecular weight excluding hydrogens is 323 g/mol. The summed E-state index contributed by atoms with van der Waals surface area (Å²) >= 11 is 1.84. The van der Waals surface area contributed by atoms with Gasteiger partial charge in [-0.3, -0.25) is 0 Å². The van der Waals surface area contributed by atoms with E-state index in [0.29, 0.717) is 0 Å². The Hall–Kier alpha value is 0.210. The largest absolute Gasteiger partial charge is 0.370 e. The van der Waals surface area contributed by atoms with Crippen LogP contribution in [-0.2, 0) is 0 Å². The molecule has 0 aliphatic carbocycles. The lowest BCUT2D eigenvalue weighted by Gasteiger charge is -2.27. The van der Waals surface area contributed by atoms with Crippen LogP contribution in [0.2, 0.25) is 0 Å². The lowest BCUT2D eigenvalue weighted by molar-refractivity contribution is 0.158. The summed E-state index contributed by atoms with van der Waals surface area (Å²) in [5.74, 6) is 2.23. The molecule has 3 nitrogen and oxygen atoms in total. The number of nitrogens with zero attached hydrogens (tertiary/aromatic N) is 2. The quantitative estimate of drug-likeness (QED) is 0.468. The molecule has 7 heteroatoms. The van der Waals surface area contributed by atoms with E-state index in [1.807, 2.05) is 16.7 Å². The van der Waals surface area contributed by atoms with Gasteiger partial charge in [-0.15, -0.1) is 24.0 Å². The molecule has 0 aromatic heterocycles. The van der Waals surface area contributed by atoms with Gasteiger partial charge in [0.25, 0.3) is 6.43 Å². The van der Waals surface area contributed by atoms with Gasteiger partial charge in [0.2, 0.25) is 0 Å². The SMILES string of the molecule is I.NC(=NCC(F)F)N1CCSCC1. The summed E-state index contributed by atoms with van der Waals surface area (Å²) in [5, 5.41) is 0. The lowest BCUT2D eigenvalue weighted by Crippen LogP contribution is -2.42. The van der Waals surface area contributed by atoms with Crippen LogP contribution in [-0.4, -0.2) is 48.4 Å². The standard InChI is InChI=1S/C7H13F2N3S.HI/c8-6(9)5-11-7(10)12-1-3-13-4-2-12;/h6H,1-5H2,(H2,10,11);1H. The van der Waals surface area contributed by atoms with Crippen molar-refractivity contribution >= 4 is 41.7 Å². The highest BCUT2D eigenvalue weighted by Crippen LogP contribution is 2.08. The molecular formula is C7H14F2IN3S. The Labute approximate surface area is 104 Å². The first-order valence-corrected chi connectivity index (χ1v) is 5.26. The third-order valence-corrected chi connectivity index (χ3v) is 2.67. The molecule has 2 N–H and O–H groups in total. The zero-order valence-electron chi connectivity index (χ0n) is 7.66. The second kappa shape index (κ2) is 7.49. The summed E-state index contributed by atoms with van der Waals surface area (Å²) in [5.41, 5.74) is 5.53. The van der Waals surface area contributed by atoms with Crippen molar-refractivity contribution in [1.29, 1.82) is 0 Å². The minimum Gasteiger partial charge on any atom is -0.370 e. The molecule has 0 aromatic carbocycles. The summed E-state index contributed by atoms with van der Waals surface area (Å²) in [4.78, 5) is 5.45. The van der Waals surface area contributed by atoms with Gasteiger partial charge in [-0.25, -0.2) is 13.8 Å². The molecule has 0 amide bonds. The second-order valence-electron chi connectivity index (χ2n) is 2.69. The molecule has 1 fully saturated rings. The van der Waals surface area contributed by atoms with E-state index in [9.17, 15) is 8.78 Å². The highest BCUT2D eigenvalue weighted by atomic mass is 127. The van der Waals surface area contributed by atoms with E-state index in [4.69, 9.17) is 5.73 Å². The summed E-state index contributed by atoms with van der Waals surface area (Å²) in [6, 6.07) is 0. The number of nitrogens with two attached hydrogens (primary N) is 1. The van der Waals surface area contributed by atoms with Gasteiger partial charge in [0, 0.05) is 24.6 Å². The molecule has 0 bridgehead atoms. The molecule has 0 saturated carbocycles. The predicted octanol–water partition coefficient (Wildman–Crippen LogP) is 1.23. The fourth-order valence-corrected chi connectivity index (χ4v) is 1.96. The Morgan fingerprint density at radius 2 is 2.00 bits per heavy atom. The molecule has 0 radical (unpaired) electrons. The zero-order chi connectivity index (χ0) is 9.68. The molecule has 1 saturated heterocycles. The maximum absolute atomic E-state index is 11.8. The average Bonchev–Trinajstić information content (AvgIpc) is 2.15. The molecule has 0 unspecified atom stereocenters. The van der Waals surface area contributed by atoms with Crippen molar-refractivity contribution in [2.75, 3.05) is 31.1 Å². The van der Waals surface area contributed by atoms with Crippen LogP contribution >= 0.6 is 35.7 Å². The fraction of sp³-hybridized carbons (Fsp3) is 0.857. The van der Waals surface area contributed by atoms with Crippen molar-refractivity contribution in [3.63, 3.8) is 0 Å². The van der Waals surface area contributed by atoms with E-state index < -0.39 is 13.0 Å². The Kier molecular flexibility index (Phi) is 7.61. The summed E-state index contributed by atoms with van der Waals surface area (Å²) in [7, 11) is 0. The maximum Gasteiger partial charge on any atom is 0.257 e. The minimum atomic E-state index is -2.40. The predicted molar refractivity (Wildman–Crippen MR) is 66.8 cm³/mol. The second-order valence-corrected chi connectivity index (χ2v) is 3.91. The molecule has 0 spiro atoms. The number of guanidine groups is 1. The molecule has 0 atom stereocenters. The Bertz CT molecular complexity index is 186. The van der Waals surface area contributed by atoms with Gasteiger partial charge in [-0.1, -0.05) is 0 Å². The zero-order valence-corrected chi connectivity index (χ0v) is 10.8. The van der Waals surface area contributed by atoms with Crippen LogP contribution in [0.4, 0.5) is 8.78 Å². The topological polar surface area (TPSA) is 41.6 Å². The van der Waals surface area contributed by atoms with Crippen molar-refractivity contribution in [2.24, 2.45) is 10.7 Å². The number of alkyl halides is 2. The Morgan fingerprint density at radius 1 is 1.43 bits per heavy atom. The minimum absolute atomic E-state index is 0. The van der Waals surface area contributed by atoms with Crippen LogP contribution in [0.25, 0.3) is 0 Å². The molecule has 1 aliphatic rings. The number of halogens is 3. The van der Waals surface area contributed by atoms with Crippen LogP contribution in [0, 0.1) is 0 Å². The van der Waals surface area contributed by atoms with Gasteiger partial charge in [0.15, 0.2) is 5.96 Å². The number of hydrogen-bond acceptors (Lipinski definition) is 2. The van der Waals surface area contributed by atoms with Gasteiger partial charge in [-0.05, 0) is 0 Å². The average molecular weight is 337 g/mol. The molecule has 1 rings (SSSR count). The highest BCUT2D eigenvalue weighted by molar-refractivity contribution is 14.0. The number of aliphatic imine (C=N–C) groups is 1. The van der Waals surface area contributed by atoms with E-state index in [-0.39, 0.29) is 29.9 Å². The van der Waals surface area contributed by atoms with Gasteiger partial charge in [0.1, 0.15) is 6.54 Å². The van der Waals surface area contributed by atoms with Crippen LogP contribution in [0.3, 0.4) is 0 Å². The Balaban J connectivity index is 0.00000169. The van der Waals surface area contributed by atoms with Crippen LogP contribution in [0.1, 0.15) is 0 Å². The van der Waals surface area contributed by atoms with Crippen molar-refractivity contribution in [1.82, 2.24) is 4.90 Å². The number of rotatable bonds is 2. The fourth-order valence-electron chi connectivity index (χ4n) is 1.05. The maximum atomic E-state index is 11.8. The molecule has 1 heterocycles. The lowest BCUT2D eigenvalue weighted by atomic mass is 10.5. The van der Waals surface area contributed by atoms with Crippen LogP contribution in [0.5, 0.6) is 0 Å². The molecule has 0 aromatic rings. The first kappa shape index (κ1) is 14.2. The Morgan fingerprint density at radius 3 is 2.50 bits per heavy atom. The van der Waals surface area contributed by atoms with E-state index in [2.05, 4.69) is 4.99 Å². The van der Waals surface area contributed by atoms with E-state index in [0.717, 1.165) is 24.6 Å². The molecule has 14 heavy (non-hydrogen) atoms. The summed E-state index contributed by atoms with van der Waals surface area (Å²) in [6.45, 7) is 1.13. The third-order valence-electron chi connectivity index (χ3n) is 1.73. The first-order chi connectivity index (χ1) is 6.20. The van der Waals surface area contributed by atoms with Crippen LogP contribution < -0.4 is 5.73 Å². The summed E-state index contributed by atoms with van der Waals surface area (Å²) in [6.07, 6.45) is -2.40. The third kappa shape index (κ3) is 5.18. The van der Waals surface area contributed by atoms with Gasteiger partial charge < -0.3 is 10.6 Å². The van der Waals surface area contributed by atoms with Gasteiger partial charge >= 0.3 is 0 Å². The van der Waals surface area contributed by atoms with E-state index in [1.54, 1.807) is 0 Å².